The molecular formula is C12H16N2O. The van der Waals surface area contributed by atoms with E-state index in [1.807, 2.05) is 19.2 Å². The highest BCUT2D eigenvalue weighted by molar-refractivity contribution is 5.55. The fourth-order valence-corrected chi connectivity index (χ4v) is 2.02. The maximum absolute atomic E-state index is 10.6. The van der Waals surface area contributed by atoms with E-state index in [0.29, 0.717) is 0 Å². The van der Waals surface area contributed by atoms with Gasteiger partial charge in [-0.3, -0.25) is 4.98 Å². The lowest BCUT2D eigenvalue weighted by molar-refractivity contribution is -0.111. The molecule has 0 bridgehead atoms. The van der Waals surface area contributed by atoms with E-state index in [2.05, 4.69) is 16.0 Å². The van der Waals surface area contributed by atoms with Gasteiger partial charge in [-0.05, 0) is 31.9 Å². The lowest BCUT2D eigenvalue weighted by Gasteiger charge is -2.31. The molecule has 0 aliphatic carbocycles. The Bertz CT molecular complexity index is 343. The number of piperidine rings is 1. The highest BCUT2D eigenvalue weighted by Crippen LogP contribution is 2.22. The van der Waals surface area contributed by atoms with E-state index in [1.54, 1.807) is 0 Å². The van der Waals surface area contributed by atoms with Crippen LogP contribution in [0.4, 0.5) is 5.69 Å². The second kappa shape index (κ2) is 4.43. The topological polar surface area (TPSA) is 33.2 Å². The number of pyridine rings is 1. The van der Waals surface area contributed by atoms with Crippen LogP contribution < -0.4 is 4.90 Å². The molecule has 1 fully saturated rings. The molecule has 1 aliphatic heterocycles. The minimum absolute atomic E-state index is 0.268. The molecule has 0 spiro atoms. The molecule has 0 radical (unpaired) electrons. The fourth-order valence-electron chi connectivity index (χ4n) is 2.02. The Morgan fingerprint density at radius 2 is 2.20 bits per heavy atom. The lowest BCUT2D eigenvalue weighted by atomic mass is 9.98. The molecule has 1 saturated heterocycles. The third-order valence-corrected chi connectivity index (χ3v) is 2.98. The number of carbonyl (C=O) groups is 1. The van der Waals surface area contributed by atoms with Crippen LogP contribution in [-0.2, 0) is 4.79 Å². The third kappa shape index (κ3) is 2.35. The lowest BCUT2D eigenvalue weighted by Crippen LogP contribution is -2.34. The van der Waals surface area contributed by atoms with Crippen LogP contribution in [0.15, 0.2) is 18.3 Å². The first-order valence-corrected chi connectivity index (χ1v) is 5.42. The Morgan fingerprint density at radius 3 is 2.80 bits per heavy atom. The van der Waals surface area contributed by atoms with Crippen molar-refractivity contribution in [1.29, 1.82) is 0 Å². The van der Waals surface area contributed by atoms with Crippen LogP contribution in [0.3, 0.4) is 0 Å². The van der Waals surface area contributed by atoms with Gasteiger partial charge in [0.05, 0.1) is 0 Å². The first-order chi connectivity index (χ1) is 7.29. The summed E-state index contributed by atoms with van der Waals surface area (Å²) in [6, 6.07) is 4.13. The van der Waals surface area contributed by atoms with Crippen molar-refractivity contribution in [1.82, 2.24) is 4.98 Å². The van der Waals surface area contributed by atoms with Crippen LogP contribution in [0, 0.1) is 12.8 Å². The van der Waals surface area contributed by atoms with Crippen molar-refractivity contribution in [2.75, 3.05) is 18.0 Å². The van der Waals surface area contributed by atoms with Crippen molar-refractivity contribution in [3.8, 4) is 0 Å². The van der Waals surface area contributed by atoms with Gasteiger partial charge in [-0.1, -0.05) is 0 Å². The van der Waals surface area contributed by atoms with Gasteiger partial charge in [0.2, 0.25) is 0 Å². The Kier molecular flexibility index (Phi) is 2.99. The SMILES string of the molecule is Cc1cc(N2CCC(C=O)CC2)ccn1. The zero-order chi connectivity index (χ0) is 10.7. The van der Waals surface area contributed by atoms with Gasteiger partial charge < -0.3 is 9.69 Å². The third-order valence-electron chi connectivity index (χ3n) is 2.98. The van der Waals surface area contributed by atoms with Gasteiger partial charge in [-0.15, -0.1) is 0 Å². The van der Waals surface area contributed by atoms with Gasteiger partial charge in [0.1, 0.15) is 6.29 Å². The largest absolute Gasteiger partial charge is 0.371 e. The molecule has 1 aromatic rings. The van der Waals surface area contributed by atoms with E-state index in [4.69, 9.17) is 0 Å². The fraction of sp³-hybridized carbons (Fsp3) is 0.500. The number of aryl methyl sites for hydroxylation is 1. The molecule has 15 heavy (non-hydrogen) atoms. The van der Waals surface area contributed by atoms with E-state index < -0.39 is 0 Å². The van der Waals surface area contributed by atoms with Crippen LogP contribution in [0.5, 0.6) is 0 Å². The molecule has 0 N–H and O–H groups in total. The summed E-state index contributed by atoms with van der Waals surface area (Å²) >= 11 is 0. The molecule has 0 aromatic carbocycles. The van der Waals surface area contributed by atoms with E-state index in [1.165, 1.54) is 5.69 Å². The molecule has 0 amide bonds. The highest BCUT2D eigenvalue weighted by Gasteiger charge is 2.18. The predicted octanol–water partition coefficient (Wildman–Crippen LogP) is 1.81. The monoisotopic (exact) mass is 204 g/mol. The average molecular weight is 204 g/mol. The summed E-state index contributed by atoms with van der Waals surface area (Å²) in [5.41, 5.74) is 2.27. The van der Waals surface area contributed by atoms with E-state index in [0.717, 1.165) is 37.9 Å². The van der Waals surface area contributed by atoms with Gasteiger partial charge in [0, 0.05) is 36.6 Å². The van der Waals surface area contributed by atoms with Crippen LogP contribution in [0.2, 0.25) is 0 Å². The minimum atomic E-state index is 0.268. The van der Waals surface area contributed by atoms with Crippen molar-refractivity contribution < 1.29 is 4.79 Å². The first-order valence-electron chi connectivity index (χ1n) is 5.42. The Balaban J connectivity index is 2.04. The quantitative estimate of drug-likeness (QED) is 0.689. The van der Waals surface area contributed by atoms with Crippen molar-refractivity contribution in [2.24, 2.45) is 5.92 Å². The number of nitrogens with zero attached hydrogens (tertiary/aromatic N) is 2. The molecular weight excluding hydrogens is 188 g/mol. The smallest absolute Gasteiger partial charge is 0.123 e. The number of carbonyl (C=O) groups excluding carboxylic acids is 1. The van der Waals surface area contributed by atoms with Gasteiger partial charge in [0.15, 0.2) is 0 Å². The van der Waals surface area contributed by atoms with E-state index in [-0.39, 0.29) is 5.92 Å². The Hall–Kier alpha value is -1.38. The number of hydrogen-bond donors (Lipinski definition) is 0. The summed E-state index contributed by atoms with van der Waals surface area (Å²) in [6.07, 6.45) is 4.89. The van der Waals surface area contributed by atoms with Crippen molar-refractivity contribution in [3.63, 3.8) is 0 Å². The summed E-state index contributed by atoms with van der Waals surface area (Å²) in [5.74, 6) is 0.268. The number of aldehydes is 1. The van der Waals surface area contributed by atoms with Gasteiger partial charge in [0.25, 0.3) is 0 Å². The second-order valence-electron chi connectivity index (χ2n) is 4.12. The molecule has 0 saturated carbocycles. The minimum Gasteiger partial charge on any atom is -0.371 e. The van der Waals surface area contributed by atoms with E-state index >= 15 is 0 Å². The summed E-state index contributed by atoms with van der Waals surface area (Å²) in [7, 11) is 0. The van der Waals surface area contributed by atoms with Crippen LogP contribution >= 0.6 is 0 Å². The van der Waals surface area contributed by atoms with Crippen LogP contribution in [0.25, 0.3) is 0 Å². The Morgan fingerprint density at radius 1 is 1.47 bits per heavy atom. The van der Waals surface area contributed by atoms with Crippen LogP contribution in [0.1, 0.15) is 18.5 Å². The molecule has 0 unspecified atom stereocenters. The van der Waals surface area contributed by atoms with Gasteiger partial charge >= 0.3 is 0 Å². The van der Waals surface area contributed by atoms with Crippen molar-refractivity contribution >= 4 is 12.0 Å². The molecule has 80 valence electrons. The van der Waals surface area contributed by atoms with Crippen LogP contribution in [-0.4, -0.2) is 24.4 Å². The standard InChI is InChI=1S/C12H16N2O/c1-10-8-12(2-5-13-10)14-6-3-11(9-15)4-7-14/h2,5,8-9,11H,3-4,6-7H2,1H3. The Labute approximate surface area is 90.1 Å². The molecule has 3 heteroatoms. The second-order valence-corrected chi connectivity index (χ2v) is 4.12. The number of aromatic nitrogens is 1. The predicted molar refractivity (Wildman–Crippen MR) is 60.0 cm³/mol. The number of anilines is 1. The normalized spacial score (nSPS) is 17.8. The molecule has 1 aliphatic rings. The molecule has 0 atom stereocenters. The molecule has 1 aromatic heterocycles. The molecule has 2 heterocycles. The highest BCUT2D eigenvalue weighted by atomic mass is 16.1. The maximum atomic E-state index is 10.6. The van der Waals surface area contributed by atoms with Crippen molar-refractivity contribution in [3.05, 3.63) is 24.0 Å². The van der Waals surface area contributed by atoms with Gasteiger partial charge in [-0.2, -0.15) is 0 Å². The molecule has 2 rings (SSSR count). The number of hydrogen-bond acceptors (Lipinski definition) is 3. The zero-order valence-electron chi connectivity index (χ0n) is 9.02. The first kappa shape index (κ1) is 10.1. The summed E-state index contributed by atoms with van der Waals surface area (Å²) in [4.78, 5) is 17.1. The van der Waals surface area contributed by atoms with Crippen molar-refractivity contribution in [2.45, 2.75) is 19.8 Å². The number of rotatable bonds is 2. The zero-order valence-corrected chi connectivity index (χ0v) is 9.02. The average Bonchev–Trinajstić information content (AvgIpc) is 2.29. The van der Waals surface area contributed by atoms with E-state index in [9.17, 15) is 4.79 Å². The molecule has 3 nitrogen and oxygen atoms in total. The summed E-state index contributed by atoms with van der Waals surface area (Å²) in [5, 5.41) is 0. The summed E-state index contributed by atoms with van der Waals surface area (Å²) < 4.78 is 0. The maximum Gasteiger partial charge on any atom is 0.123 e. The van der Waals surface area contributed by atoms with Gasteiger partial charge in [-0.25, -0.2) is 0 Å². The summed E-state index contributed by atoms with van der Waals surface area (Å²) in [6.45, 7) is 3.96.